The van der Waals surface area contributed by atoms with Gasteiger partial charge in [0.25, 0.3) is 5.91 Å². The molecule has 1 unspecified atom stereocenters. The Morgan fingerprint density at radius 3 is 2.04 bits per heavy atom. The van der Waals surface area contributed by atoms with Gasteiger partial charge in [-0.15, -0.1) is 0 Å². The second kappa shape index (κ2) is 7.09. The van der Waals surface area contributed by atoms with Gasteiger partial charge in [0.15, 0.2) is 0 Å². The molecule has 0 saturated carbocycles. The summed E-state index contributed by atoms with van der Waals surface area (Å²) in [5.74, 6) is -1.22. The Bertz CT molecular complexity index is 762. The topological polar surface area (TPSA) is 66.4 Å². The van der Waals surface area contributed by atoms with E-state index in [1.807, 2.05) is 45.0 Å². The fourth-order valence-corrected chi connectivity index (χ4v) is 2.79. The molecule has 4 nitrogen and oxygen atoms in total. The molecule has 4 heteroatoms. The molecule has 0 fully saturated rings. The predicted octanol–water partition coefficient (Wildman–Crippen LogP) is 3.76. The van der Waals surface area contributed by atoms with Gasteiger partial charge in [-0.1, -0.05) is 69.3 Å². The molecule has 132 valence electrons. The summed E-state index contributed by atoms with van der Waals surface area (Å²) >= 11 is 0. The first-order valence-corrected chi connectivity index (χ1v) is 8.33. The summed E-state index contributed by atoms with van der Waals surface area (Å²) in [5.41, 5.74) is 0.809. The van der Waals surface area contributed by atoms with E-state index in [0.29, 0.717) is 11.1 Å². The smallest absolute Gasteiger partial charge is 0.315 e. The van der Waals surface area contributed by atoms with E-state index < -0.39 is 11.4 Å². The number of nitrogens with one attached hydrogen (secondary N) is 1. The number of hydrogen-bond donors (Lipinski definition) is 2. The van der Waals surface area contributed by atoms with Gasteiger partial charge in [0.05, 0.1) is 0 Å². The lowest BCUT2D eigenvalue weighted by atomic mass is 9.81. The van der Waals surface area contributed by atoms with Crippen molar-refractivity contribution in [3.05, 3.63) is 71.3 Å². The number of aliphatic carboxylic acids is 1. The number of rotatable bonds is 5. The lowest BCUT2D eigenvalue weighted by molar-refractivity contribution is -0.142. The van der Waals surface area contributed by atoms with Crippen molar-refractivity contribution in [3.8, 4) is 0 Å². The maximum absolute atomic E-state index is 12.7. The van der Waals surface area contributed by atoms with Crippen LogP contribution in [0.25, 0.3) is 0 Å². The van der Waals surface area contributed by atoms with E-state index in [2.05, 4.69) is 5.32 Å². The second-order valence-corrected chi connectivity index (χ2v) is 7.48. The number of hydrogen-bond acceptors (Lipinski definition) is 2. The van der Waals surface area contributed by atoms with Gasteiger partial charge in [0, 0.05) is 12.1 Å². The van der Waals surface area contributed by atoms with Gasteiger partial charge in [-0.25, -0.2) is 0 Å². The molecule has 2 rings (SSSR count). The first kappa shape index (κ1) is 18.7. The Labute approximate surface area is 148 Å². The van der Waals surface area contributed by atoms with Crippen LogP contribution in [0, 0.1) is 0 Å². The Hall–Kier alpha value is -2.62. The maximum atomic E-state index is 12.7. The number of carbonyl (C=O) groups excluding carboxylic acids is 1. The first-order chi connectivity index (χ1) is 11.7. The highest BCUT2D eigenvalue weighted by Crippen LogP contribution is 2.27. The highest BCUT2D eigenvalue weighted by Gasteiger charge is 2.36. The van der Waals surface area contributed by atoms with Crippen LogP contribution in [0.5, 0.6) is 0 Å². The third-order valence-corrected chi connectivity index (χ3v) is 4.47. The van der Waals surface area contributed by atoms with Crippen LogP contribution >= 0.6 is 0 Å². The molecular weight excluding hydrogens is 314 g/mol. The van der Waals surface area contributed by atoms with E-state index in [1.54, 1.807) is 37.3 Å². The molecule has 0 aliphatic heterocycles. The normalized spacial score (nSPS) is 13.8. The molecular formula is C21H25NO3. The van der Waals surface area contributed by atoms with Crippen LogP contribution in [0.1, 0.15) is 49.2 Å². The van der Waals surface area contributed by atoms with Crippen molar-refractivity contribution in [1.82, 2.24) is 5.32 Å². The Morgan fingerprint density at radius 1 is 0.920 bits per heavy atom. The van der Waals surface area contributed by atoms with Gasteiger partial charge in [-0.05, 0) is 29.5 Å². The minimum atomic E-state index is -1.19. The summed E-state index contributed by atoms with van der Waals surface area (Å²) in [4.78, 5) is 24.6. The number of carboxylic acids is 1. The molecule has 0 aliphatic carbocycles. The summed E-state index contributed by atoms with van der Waals surface area (Å²) < 4.78 is 0. The molecule has 0 aromatic heterocycles. The molecule has 2 aromatic carbocycles. The van der Waals surface area contributed by atoms with Gasteiger partial charge in [-0.2, -0.15) is 0 Å². The summed E-state index contributed by atoms with van der Waals surface area (Å²) in [6.07, 6.45) is 0. The highest BCUT2D eigenvalue weighted by molar-refractivity contribution is 5.96. The van der Waals surface area contributed by atoms with Crippen molar-refractivity contribution in [1.29, 1.82) is 0 Å². The molecule has 1 atom stereocenters. The van der Waals surface area contributed by atoms with Crippen molar-refractivity contribution in [2.45, 2.75) is 38.5 Å². The van der Waals surface area contributed by atoms with Crippen LogP contribution in [0.4, 0.5) is 0 Å². The van der Waals surface area contributed by atoms with Crippen LogP contribution in [-0.4, -0.2) is 23.5 Å². The summed E-state index contributed by atoms with van der Waals surface area (Å²) in [6, 6.07) is 16.4. The van der Waals surface area contributed by atoms with Gasteiger partial charge >= 0.3 is 5.97 Å². The number of amides is 1. The lowest BCUT2D eigenvalue weighted by Crippen LogP contribution is -2.44. The van der Waals surface area contributed by atoms with Gasteiger partial charge in [0.2, 0.25) is 0 Å². The molecule has 0 saturated heterocycles. The SMILES string of the molecule is CC(C)(C)c1ccccc1C(=O)NCC(C)(C(=O)O)c1ccccc1. The average Bonchev–Trinajstić information content (AvgIpc) is 2.59. The van der Waals surface area contributed by atoms with E-state index in [1.165, 1.54) is 0 Å². The van der Waals surface area contributed by atoms with Crippen molar-refractivity contribution >= 4 is 11.9 Å². The van der Waals surface area contributed by atoms with Crippen LogP contribution in [0.2, 0.25) is 0 Å². The number of benzene rings is 2. The minimum absolute atomic E-state index is 0.0175. The molecule has 0 heterocycles. The lowest BCUT2D eigenvalue weighted by Gasteiger charge is -2.27. The van der Waals surface area contributed by atoms with Crippen LogP contribution < -0.4 is 5.32 Å². The zero-order valence-electron chi connectivity index (χ0n) is 15.2. The van der Waals surface area contributed by atoms with E-state index in [4.69, 9.17) is 0 Å². The molecule has 2 N–H and O–H groups in total. The van der Waals surface area contributed by atoms with Crippen LogP contribution in [-0.2, 0) is 15.6 Å². The highest BCUT2D eigenvalue weighted by atomic mass is 16.4. The quantitative estimate of drug-likeness (QED) is 0.872. The number of carbonyl (C=O) groups is 2. The van der Waals surface area contributed by atoms with Gasteiger partial charge < -0.3 is 10.4 Å². The second-order valence-electron chi connectivity index (χ2n) is 7.48. The molecule has 2 aromatic rings. The molecule has 0 radical (unpaired) electrons. The Balaban J connectivity index is 2.26. The van der Waals surface area contributed by atoms with E-state index >= 15 is 0 Å². The fourth-order valence-electron chi connectivity index (χ4n) is 2.79. The third kappa shape index (κ3) is 4.08. The average molecular weight is 339 g/mol. The monoisotopic (exact) mass is 339 g/mol. The largest absolute Gasteiger partial charge is 0.481 e. The predicted molar refractivity (Wildman–Crippen MR) is 98.9 cm³/mol. The summed E-state index contributed by atoms with van der Waals surface area (Å²) in [7, 11) is 0. The Kier molecular flexibility index (Phi) is 5.31. The zero-order valence-corrected chi connectivity index (χ0v) is 15.2. The van der Waals surface area contributed by atoms with Crippen molar-refractivity contribution in [2.24, 2.45) is 0 Å². The van der Waals surface area contributed by atoms with Crippen LogP contribution in [0.15, 0.2) is 54.6 Å². The summed E-state index contributed by atoms with van der Waals surface area (Å²) in [6.45, 7) is 7.78. The fraction of sp³-hybridized carbons (Fsp3) is 0.333. The van der Waals surface area contributed by atoms with Crippen molar-refractivity contribution < 1.29 is 14.7 Å². The van der Waals surface area contributed by atoms with Gasteiger partial charge in [-0.3, -0.25) is 9.59 Å². The van der Waals surface area contributed by atoms with Crippen LogP contribution in [0.3, 0.4) is 0 Å². The first-order valence-electron chi connectivity index (χ1n) is 8.33. The number of carboxylic acid groups (broad SMARTS) is 1. The molecule has 1 amide bonds. The third-order valence-electron chi connectivity index (χ3n) is 4.47. The minimum Gasteiger partial charge on any atom is -0.481 e. The van der Waals surface area contributed by atoms with E-state index in [-0.39, 0.29) is 17.9 Å². The van der Waals surface area contributed by atoms with E-state index in [0.717, 1.165) is 5.56 Å². The molecule has 0 aliphatic rings. The molecule has 25 heavy (non-hydrogen) atoms. The summed E-state index contributed by atoms with van der Waals surface area (Å²) in [5, 5.41) is 12.5. The maximum Gasteiger partial charge on any atom is 0.315 e. The zero-order chi connectivity index (χ0) is 18.7. The van der Waals surface area contributed by atoms with E-state index in [9.17, 15) is 14.7 Å². The van der Waals surface area contributed by atoms with Crippen molar-refractivity contribution in [3.63, 3.8) is 0 Å². The standard InChI is InChI=1S/C21H25NO3/c1-20(2,3)17-13-9-8-12-16(17)18(23)22-14-21(4,19(24)25)15-10-6-5-7-11-15/h5-13H,14H2,1-4H3,(H,22,23)(H,24,25). The van der Waals surface area contributed by atoms with Gasteiger partial charge in [0.1, 0.15) is 5.41 Å². The Morgan fingerprint density at radius 2 is 1.48 bits per heavy atom. The molecule has 0 bridgehead atoms. The molecule has 0 spiro atoms. The van der Waals surface area contributed by atoms with Crippen molar-refractivity contribution in [2.75, 3.05) is 6.54 Å².